The average Bonchev–Trinajstić information content (AvgIpc) is 2.48. The minimum atomic E-state index is -1.07. The van der Waals surface area contributed by atoms with Crippen molar-refractivity contribution in [3.05, 3.63) is 18.2 Å². The first-order valence-corrected chi connectivity index (χ1v) is 7.06. The van der Waals surface area contributed by atoms with E-state index in [0.717, 1.165) is 0 Å². The SMILES string of the molecule is CC1Oc2ccc(N(CCC(=O)O)CC(=O)O)cc2N(C)C1=O. The van der Waals surface area contributed by atoms with Gasteiger partial charge in [-0.05, 0) is 25.1 Å². The number of amides is 1. The summed E-state index contributed by atoms with van der Waals surface area (Å²) in [7, 11) is 1.61. The van der Waals surface area contributed by atoms with E-state index in [2.05, 4.69) is 0 Å². The monoisotopic (exact) mass is 322 g/mol. The van der Waals surface area contributed by atoms with Gasteiger partial charge in [-0.25, -0.2) is 0 Å². The quantitative estimate of drug-likeness (QED) is 0.797. The third-order valence-corrected chi connectivity index (χ3v) is 3.57. The molecule has 0 fully saturated rings. The molecule has 1 atom stereocenters. The molecule has 0 spiro atoms. The number of carboxylic acids is 2. The van der Waals surface area contributed by atoms with Crippen molar-refractivity contribution in [1.29, 1.82) is 0 Å². The van der Waals surface area contributed by atoms with Crippen molar-refractivity contribution in [1.82, 2.24) is 0 Å². The number of rotatable bonds is 6. The molecule has 0 radical (unpaired) electrons. The normalized spacial score (nSPS) is 16.5. The zero-order valence-electron chi connectivity index (χ0n) is 12.9. The highest BCUT2D eigenvalue weighted by molar-refractivity contribution is 6.00. The predicted molar refractivity (Wildman–Crippen MR) is 82.0 cm³/mol. The first kappa shape index (κ1) is 16.6. The van der Waals surface area contributed by atoms with Gasteiger partial charge in [0, 0.05) is 19.3 Å². The van der Waals surface area contributed by atoms with Crippen molar-refractivity contribution >= 4 is 29.2 Å². The summed E-state index contributed by atoms with van der Waals surface area (Å²) in [4.78, 5) is 36.6. The maximum atomic E-state index is 12.0. The van der Waals surface area contributed by atoms with Crippen LogP contribution in [-0.4, -0.2) is 54.3 Å². The van der Waals surface area contributed by atoms with Gasteiger partial charge in [-0.15, -0.1) is 0 Å². The van der Waals surface area contributed by atoms with Crippen LogP contribution in [0.5, 0.6) is 5.75 Å². The van der Waals surface area contributed by atoms with Gasteiger partial charge < -0.3 is 24.7 Å². The van der Waals surface area contributed by atoms with Gasteiger partial charge in [0.25, 0.3) is 5.91 Å². The van der Waals surface area contributed by atoms with Crippen LogP contribution < -0.4 is 14.5 Å². The molecule has 23 heavy (non-hydrogen) atoms. The molecule has 124 valence electrons. The van der Waals surface area contributed by atoms with Gasteiger partial charge in [0.1, 0.15) is 12.3 Å². The van der Waals surface area contributed by atoms with E-state index in [0.29, 0.717) is 17.1 Å². The Morgan fingerprint density at radius 2 is 2.00 bits per heavy atom. The second kappa shape index (κ2) is 6.55. The van der Waals surface area contributed by atoms with Crippen LogP contribution in [0.25, 0.3) is 0 Å². The number of carbonyl (C=O) groups is 3. The zero-order chi connectivity index (χ0) is 17.1. The Morgan fingerprint density at radius 1 is 1.30 bits per heavy atom. The maximum absolute atomic E-state index is 12.0. The van der Waals surface area contributed by atoms with E-state index in [4.69, 9.17) is 14.9 Å². The van der Waals surface area contributed by atoms with Gasteiger partial charge >= 0.3 is 11.9 Å². The Morgan fingerprint density at radius 3 is 2.61 bits per heavy atom. The summed E-state index contributed by atoms with van der Waals surface area (Å²) >= 11 is 0. The van der Waals surface area contributed by atoms with E-state index in [9.17, 15) is 14.4 Å². The van der Waals surface area contributed by atoms with E-state index in [1.807, 2.05) is 0 Å². The second-order valence-electron chi connectivity index (χ2n) is 5.27. The van der Waals surface area contributed by atoms with Crippen LogP contribution in [0.2, 0.25) is 0 Å². The van der Waals surface area contributed by atoms with Gasteiger partial charge in [0.2, 0.25) is 0 Å². The topological polar surface area (TPSA) is 107 Å². The molecule has 0 saturated heterocycles. The molecule has 0 aromatic heterocycles. The summed E-state index contributed by atoms with van der Waals surface area (Å²) in [5, 5.41) is 17.8. The number of nitrogens with zero attached hydrogens (tertiary/aromatic N) is 2. The number of hydrogen-bond acceptors (Lipinski definition) is 5. The summed E-state index contributed by atoms with van der Waals surface area (Å²) in [5.41, 5.74) is 1.04. The number of anilines is 2. The number of aliphatic carboxylic acids is 2. The van der Waals surface area contributed by atoms with Crippen LogP contribution in [0, 0.1) is 0 Å². The first-order chi connectivity index (χ1) is 10.8. The van der Waals surface area contributed by atoms with Crippen molar-refractivity contribution in [3.63, 3.8) is 0 Å². The molecular weight excluding hydrogens is 304 g/mol. The van der Waals surface area contributed by atoms with Crippen molar-refractivity contribution in [3.8, 4) is 5.75 Å². The minimum Gasteiger partial charge on any atom is -0.481 e. The summed E-state index contributed by atoms with van der Waals surface area (Å²) < 4.78 is 5.51. The third-order valence-electron chi connectivity index (χ3n) is 3.57. The molecule has 1 unspecified atom stereocenters. The van der Waals surface area contributed by atoms with Gasteiger partial charge in [-0.3, -0.25) is 14.4 Å². The highest BCUT2D eigenvalue weighted by atomic mass is 16.5. The Kier molecular flexibility index (Phi) is 4.73. The molecule has 1 aromatic carbocycles. The molecule has 1 heterocycles. The van der Waals surface area contributed by atoms with Gasteiger partial charge in [-0.2, -0.15) is 0 Å². The average molecular weight is 322 g/mol. The molecule has 2 N–H and O–H groups in total. The zero-order valence-corrected chi connectivity index (χ0v) is 12.9. The fourth-order valence-corrected chi connectivity index (χ4v) is 2.39. The lowest BCUT2D eigenvalue weighted by molar-refractivity contribution is -0.138. The van der Waals surface area contributed by atoms with Crippen LogP contribution in [0.3, 0.4) is 0 Å². The van der Waals surface area contributed by atoms with E-state index in [1.165, 1.54) is 9.80 Å². The minimum absolute atomic E-state index is 0.0509. The summed E-state index contributed by atoms with van der Waals surface area (Å²) in [6.07, 6.45) is -0.771. The molecule has 1 aliphatic rings. The van der Waals surface area contributed by atoms with E-state index < -0.39 is 18.0 Å². The van der Waals surface area contributed by atoms with Crippen LogP contribution in [0.4, 0.5) is 11.4 Å². The van der Waals surface area contributed by atoms with E-state index >= 15 is 0 Å². The predicted octanol–water partition coefficient (Wildman–Crippen LogP) is 0.796. The molecular formula is C15H18N2O6. The molecule has 1 aliphatic heterocycles. The number of carbonyl (C=O) groups excluding carboxylic acids is 1. The number of benzene rings is 1. The smallest absolute Gasteiger partial charge is 0.323 e. The van der Waals surface area contributed by atoms with E-state index in [-0.39, 0.29) is 25.4 Å². The molecule has 2 rings (SSSR count). The summed E-state index contributed by atoms with van der Waals surface area (Å²) in [6, 6.07) is 4.93. The molecule has 0 aliphatic carbocycles. The second-order valence-corrected chi connectivity index (χ2v) is 5.27. The van der Waals surface area contributed by atoms with Gasteiger partial charge in [0.15, 0.2) is 6.10 Å². The van der Waals surface area contributed by atoms with Gasteiger partial charge in [-0.1, -0.05) is 0 Å². The molecule has 8 nitrogen and oxygen atoms in total. The third kappa shape index (κ3) is 3.71. The molecule has 1 aromatic rings. The van der Waals surface area contributed by atoms with Crippen molar-refractivity contribution in [2.75, 3.05) is 29.9 Å². The van der Waals surface area contributed by atoms with E-state index in [1.54, 1.807) is 32.2 Å². The molecule has 8 heteroatoms. The lowest BCUT2D eigenvalue weighted by Gasteiger charge is -2.32. The number of hydrogen-bond donors (Lipinski definition) is 2. The summed E-state index contributed by atoms with van der Waals surface area (Å²) in [6.45, 7) is 1.37. The fraction of sp³-hybridized carbons (Fsp3) is 0.400. The Hall–Kier alpha value is -2.77. The Balaban J connectivity index is 2.32. The van der Waals surface area contributed by atoms with Crippen LogP contribution in [-0.2, 0) is 14.4 Å². The van der Waals surface area contributed by atoms with Gasteiger partial charge in [0.05, 0.1) is 12.1 Å². The van der Waals surface area contributed by atoms with Crippen molar-refractivity contribution in [2.24, 2.45) is 0 Å². The Labute approximate surface area is 132 Å². The van der Waals surface area contributed by atoms with Crippen LogP contribution in [0.1, 0.15) is 13.3 Å². The van der Waals surface area contributed by atoms with Crippen molar-refractivity contribution < 1.29 is 29.3 Å². The maximum Gasteiger partial charge on any atom is 0.323 e. The molecule has 0 bridgehead atoms. The largest absolute Gasteiger partial charge is 0.481 e. The molecule has 1 amide bonds. The number of fused-ring (bicyclic) bond motifs is 1. The highest BCUT2D eigenvalue weighted by Crippen LogP contribution is 2.36. The highest BCUT2D eigenvalue weighted by Gasteiger charge is 2.29. The number of likely N-dealkylation sites (N-methyl/N-ethyl adjacent to an activating group) is 1. The lowest BCUT2D eigenvalue weighted by Crippen LogP contribution is -2.42. The molecule has 0 saturated carbocycles. The first-order valence-electron chi connectivity index (χ1n) is 7.06. The van der Waals surface area contributed by atoms with Crippen LogP contribution in [0.15, 0.2) is 18.2 Å². The number of ether oxygens (including phenoxy) is 1. The summed E-state index contributed by atoms with van der Waals surface area (Å²) in [5.74, 6) is -1.76. The van der Waals surface area contributed by atoms with Crippen molar-refractivity contribution in [2.45, 2.75) is 19.4 Å². The van der Waals surface area contributed by atoms with Crippen LogP contribution >= 0.6 is 0 Å². The fourth-order valence-electron chi connectivity index (χ4n) is 2.39. The standard InChI is InChI=1S/C15H18N2O6/c1-9-15(22)16(2)11-7-10(3-4-12(11)23-9)17(8-14(20)21)6-5-13(18)19/h3-4,7,9H,5-6,8H2,1-2H3,(H,18,19)(H,20,21). The lowest BCUT2D eigenvalue weighted by atomic mass is 10.1. The number of carboxylic acid groups (broad SMARTS) is 2. The Bertz CT molecular complexity index is 645.